The van der Waals surface area contributed by atoms with E-state index in [2.05, 4.69) is 31.9 Å². The minimum absolute atomic E-state index is 0.0168. The van der Waals surface area contributed by atoms with E-state index in [0.29, 0.717) is 0 Å². The smallest absolute Gasteiger partial charge is 0.0799 e. The summed E-state index contributed by atoms with van der Waals surface area (Å²) in [6.45, 7) is 0. The molecule has 36 valence electrons. The first-order chi connectivity index (χ1) is 2.77. The zero-order valence-electron chi connectivity index (χ0n) is 3.07. The third-order valence-electron chi connectivity index (χ3n) is 0.257. The van der Waals surface area contributed by atoms with Gasteiger partial charge in [-0.1, -0.05) is 37.9 Å². The van der Waals surface area contributed by atoms with Gasteiger partial charge in [0.1, 0.15) is 0 Å². The minimum Gasteiger partial charge on any atom is -0.316 e. The molecule has 0 aliphatic carbocycles. The molecule has 6 heavy (non-hydrogen) atoms. The van der Waals surface area contributed by atoms with Crippen molar-refractivity contribution in [1.29, 1.82) is 0 Å². The molecule has 0 fully saturated rings. The molecule has 0 aromatic heterocycles. The predicted molar refractivity (Wildman–Crippen MR) is 35.0 cm³/mol. The van der Waals surface area contributed by atoms with E-state index in [1.54, 1.807) is 11.1 Å². The van der Waals surface area contributed by atoms with E-state index in [4.69, 9.17) is 5.73 Å². The van der Waals surface area contributed by atoms with Crippen LogP contribution in [0.15, 0.2) is 11.1 Å². The lowest BCUT2D eigenvalue weighted by molar-refractivity contribution is 1.19. The largest absolute Gasteiger partial charge is 0.316 e. The molecular weight excluding hydrogens is 210 g/mol. The Labute approximate surface area is 53.9 Å². The van der Waals surface area contributed by atoms with E-state index in [-0.39, 0.29) is 4.95 Å². The van der Waals surface area contributed by atoms with Crippen LogP contribution in [0.3, 0.4) is 0 Å². The van der Waals surface area contributed by atoms with Crippen LogP contribution < -0.4 is 5.73 Å². The molecule has 3 heteroatoms. The molecule has 0 aliphatic heterocycles. The van der Waals surface area contributed by atoms with Crippen LogP contribution in [0.5, 0.6) is 0 Å². The zero-order chi connectivity index (χ0) is 4.99. The van der Waals surface area contributed by atoms with Crippen molar-refractivity contribution in [2.75, 3.05) is 0 Å². The van der Waals surface area contributed by atoms with Gasteiger partial charge in [0, 0.05) is 0 Å². The molecule has 0 aliphatic rings. The van der Waals surface area contributed by atoms with Crippen LogP contribution in [0, 0.1) is 0 Å². The highest BCUT2D eigenvalue weighted by Crippen LogP contribution is 1.92. The van der Waals surface area contributed by atoms with Gasteiger partial charge in [0.05, 0.1) is 4.95 Å². The molecule has 0 aromatic carbocycles. The highest BCUT2D eigenvalue weighted by molar-refractivity contribution is 9.11. The van der Waals surface area contributed by atoms with Gasteiger partial charge in [-0.05, 0) is 4.99 Å². The number of hydrogen-bond acceptors (Lipinski definition) is 1. The van der Waals surface area contributed by atoms with Gasteiger partial charge >= 0.3 is 0 Å². The average Bonchev–Trinajstić information content (AvgIpc) is 1.35. The van der Waals surface area contributed by atoms with Gasteiger partial charge in [-0.3, -0.25) is 0 Å². The van der Waals surface area contributed by atoms with Crippen LogP contribution in [0.1, 0.15) is 0 Å². The first-order valence-electron chi connectivity index (χ1n) is 1.44. The van der Waals surface area contributed by atoms with Crippen molar-refractivity contribution in [2.45, 2.75) is 4.95 Å². The second-order valence-electron chi connectivity index (χ2n) is 0.763. The van der Waals surface area contributed by atoms with Crippen molar-refractivity contribution < 1.29 is 0 Å². The SMILES string of the molecule is NC(Br)C=CBr. The van der Waals surface area contributed by atoms with Crippen molar-refractivity contribution in [2.24, 2.45) is 5.73 Å². The van der Waals surface area contributed by atoms with Gasteiger partial charge in [-0.15, -0.1) is 0 Å². The number of halogens is 2. The van der Waals surface area contributed by atoms with Crippen LogP contribution in [0.25, 0.3) is 0 Å². The van der Waals surface area contributed by atoms with E-state index in [0.717, 1.165) is 0 Å². The summed E-state index contributed by atoms with van der Waals surface area (Å²) in [4.78, 5) is 1.70. The number of rotatable bonds is 1. The van der Waals surface area contributed by atoms with Crippen molar-refractivity contribution in [3.05, 3.63) is 11.1 Å². The Morgan fingerprint density at radius 3 is 2.17 bits per heavy atom. The Balaban J connectivity index is 3.03. The molecule has 0 radical (unpaired) electrons. The van der Waals surface area contributed by atoms with Gasteiger partial charge < -0.3 is 5.73 Å². The molecule has 1 unspecified atom stereocenters. The maximum absolute atomic E-state index is 5.20. The molecule has 1 nitrogen and oxygen atoms in total. The highest BCUT2D eigenvalue weighted by Gasteiger charge is 1.79. The first-order valence-corrected chi connectivity index (χ1v) is 3.27. The van der Waals surface area contributed by atoms with Gasteiger partial charge in [0.2, 0.25) is 0 Å². The van der Waals surface area contributed by atoms with E-state index in [1.165, 1.54) is 0 Å². The Kier molecular flexibility index (Phi) is 4.26. The molecule has 0 saturated carbocycles. The fraction of sp³-hybridized carbons (Fsp3) is 0.333. The number of nitrogens with two attached hydrogens (primary N) is 1. The van der Waals surface area contributed by atoms with E-state index in [9.17, 15) is 0 Å². The fourth-order valence-corrected chi connectivity index (χ4v) is 0.961. The van der Waals surface area contributed by atoms with Crippen LogP contribution in [0.2, 0.25) is 0 Å². The predicted octanol–water partition coefficient (Wildman–Crippen LogP) is 1.57. The van der Waals surface area contributed by atoms with Gasteiger partial charge in [0.25, 0.3) is 0 Å². The van der Waals surface area contributed by atoms with Crippen molar-refractivity contribution >= 4 is 31.9 Å². The number of alkyl halides is 1. The lowest BCUT2D eigenvalue weighted by Gasteiger charge is -1.85. The lowest BCUT2D eigenvalue weighted by Crippen LogP contribution is -2.04. The van der Waals surface area contributed by atoms with Crippen LogP contribution in [-0.2, 0) is 0 Å². The summed E-state index contributed by atoms with van der Waals surface area (Å²) in [6.07, 6.45) is 1.78. The minimum atomic E-state index is -0.0168. The zero-order valence-corrected chi connectivity index (χ0v) is 6.24. The second kappa shape index (κ2) is 3.84. The fourth-order valence-electron chi connectivity index (χ4n) is 0.0695. The van der Waals surface area contributed by atoms with E-state index in [1.807, 2.05) is 0 Å². The molecule has 0 spiro atoms. The van der Waals surface area contributed by atoms with Gasteiger partial charge in [-0.2, -0.15) is 0 Å². The normalized spacial score (nSPS) is 15.8. The van der Waals surface area contributed by atoms with Crippen molar-refractivity contribution in [1.82, 2.24) is 0 Å². The monoisotopic (exact) mass is 213 g/mol. The topological polar surface area (TPSA) is 26.0 Å². The van der Waals surface area contributed by atoms with Crippen molar-refractivity contribution in [3.63, 3.8) is 0 Å². The molecule has 0 aromatic rings. The molecule has 0 saturated heterocycles. The van der Waals surface area contributed by atoms with Crippen LogP contribution in [0.4, 0.5) is 0 Å². The summed E-state index contributed by atoms with van der Waals surface area (Å²) in [5.41, 5.74) is 5.20. The third kappa shape index (κ3) is 4.66. The summed E-state index contributed by atoms with van der Waals surface area (Å²) in [7, 11) is 0. The highest BCUT2D eigenvalue weighted by atomic mass is 79.9. The Morgan fingerprint density at radius 1 is 1.67 bits per heavy atom. The van der Waals surface area contributed by atoms with Crippen LogP contribution in [-0.4, -0.2) is 4.95 Å². The third-order valence-corrected chi connectivity index (χ3v) is 0.867. The van der Waals surface area contributed by atoms with Crippen LogP contribution >= 0.6 is 31.9 Å². The maximum Gasteiger partial charge on any atom is 0.0799 e. The van der Waals surface area contributed by atoms with E-state index < -0.39 is 0 Å². The Bertz CT molecular complexity index is 50.8. The summed E-state index contributed by atoms with van der Waals surface area (Å²) < 4.78 is 0. The van der Waals surface area contributed by atoms with E-state index >= 15 is 0 Å². The Hall–Kier alpha value is 0.660. The summed E-state index contributed by atoms with van der Waals surface area (Å²) in [5.74, 6) is 0. The molecular formula is C3H5Br2N. The maximum atomic E-state index is 5.20. The summed E-state index contributed by atoms with van der Waals surface area (Å²) in [6, 6.07) is 0. The second-order valence-corrected chi connectivity index (χ2v) is 2.35. The summed E-state index contributed by atoms with van der Waals surface area (Å²) in [5, 5.41) is 0. The quantitative estimate of drug-likeness (QED) is 0.521. The molecule has 1 atom stereocenters. The Morgan fingerprint density at radius 2 is 2.17 bits per heavy atom. The summed E-state index contributed by atoms with van der Waals surface area (Å²) >= 11 is 6.15. The molecule has 2 N–H and O–H groups in total. The average molecular weight is 215 g/mol. The van der Waals surface area contributed by atoms with Gasteiger partial charge in [0.15, 0.2) is 0 Å². The molecule has 0 rings (SSSR count). The lowest BCUT2D eigenvalue weighted by atomic mass is 10.7. The molecule has 0 bridgehead atoms. The molecule has 0 amide bonds. The number of hydrogen-bond donors (Lipinski definition) is 1. The van der Waals surface area contributed by atoms with Crippen molar-refractivity contribution in [3.8, 4) is 0 Å². The molecule has 0 heterocycles. The standard InChI is InChI=1S/C3H5Br2N/c4-2-1-3(5)6/h1-3H,6H2. The van der Waals surface area contributed by atoms with Gasteiger partial charge in [-0.25, -0.2) is 0 Å². The first kappa shape index (κ1) is 6.66.